The third kappa shape index (κ3) is 4.34. The highest BCUT2D eigenvalue weighted by molar-refractivity contribution is 6.27. The molecule has 0 saturated carbocycles. The van der Waals surface area contributed by atoms with Crippen molar-refractivity contribution < 1.29 is 0 Å². The van der Waals surface area contributed by atoms with Crippen molar-refractivity contribution in [3.63, 3.8) is 0 Å². The van der Waals surface area contributed by atoms with Gasteiger partial charge in [-0.25, -0.2) is 9.97 Å². The van der Waals surface area contributed by atoms with Crippen LogP contribution in [0.5, 0.6) is 0 Å². The highest BCUT2D eigenvalue weighted by Crippen LogP contribution is 2.66. The molecule has 3 heteroatoms. The molecule has 14 rings (SSSR count). The average molecular weight is 786 g/mol. The molecule has 2 heterocycles. The first-order valence-corrected chi connectivity index (χ1v) is 21.4. The van der Waals surface area contributed by atoms with Crippen LogP contribution in [0.2, 0.25) is 0 Å². The molecule has 0 bridgehead atoms. The number of aromatic nitrogens is 3. The first-order valence-electron chi connectivity index (χ1n) is 21.4. The first kappa shape index (κ1) is 33.7. The predicted molar refractivity (Wildman–Crippen MR) is 256 cm³/mol. The summed E-state index contributed by atoms with van der Waals surface area (Å²) in [6.45, 7) is 0. The molecule has 0 radical (unpaired) electrons. The van der Waals surface area contributed by atoms with Crippen LogP contribution in [0.3, 0.4) is 0 Å². The van der Waals surface area contributed by atoms with Gasteiger partial charge in [0.25, 0.3) is 0 Å². The third-order valence-corrected chi connectivity index (χ3v) is 13.8. The number of para-hydroxylation sites is 2. The summed E-state index contributed by atoms with van der Waals surface area (Å²) in [5.74, 6) is 0.659. The molecule has 286 valence electrons. The lowest BCUT2D eigenvalue weighted by Gasteiger charge is -2.31. The SMILES string of the molecule is c1ccc2c(c1)-c1ccccc1C21c2ccccc2-c2c1c1c(c3ccccc23)c2ccccc2n1-c1nc(-c2ccc(-c3ccc4ccccc4c3)cc2)c2ccccc2n1. The zero-order chi connectivity index (χ0) is 40.5. The second-order valence-corrected chi connectivity index (χ2v) is 16.8. The summed E-state index contributed by atoms with van der Waals surface area (Å²) in [6, 6.07) is 77.7. The highest BCUT2D eigenvalue weighted by atomic mass is 15.2. The van der Waals surface area contributed by atoms with Crippen LogP contribution in [-0.2, 0) is 5.41 Å². The van der Waals surface area contributed by atoms with Crippen LogP contribution in [0, 0.1) is 0 Å². The van der Waals surface area contributed by atoms with E-state index in [2.05, 4.69) is 217 Å². The first-order chi connectivity index (χ1) is 30.8. The molecule has 0 unspecified atom stereocenters. The molecule has 2 aromatic heterocycles. The molecule has 2 aliphatic rings. The number of hydrogen-bond acceptors (Lipinski definition) is 2. The fraction of sp³-hybridized carbons (Fsp3) is 0.0169. The van der Waals surface area contributed by atoms with Crippen LogP contribution in [-0.4, -0.2) is 14.5 Å². The summed E-state index contributed by atoms with van der Waals surface area (Å²) in [6.07, 6.45) is 0. The van der Waals surface area contributed by atoms with Gasteiger partial charge in [-0.05, 0) is 89.8 Å². The minimum atomic E-state index is -0.578. The van der Waals surface area contributed by atoms with Crippen LogP contribution in [0.1, 0.15) is 22.3 Å². The number of hydrogen-bond donors (Lipinski definition) is 0. The summed E-state index contributed by atoms with van der Waals surface area (Å²) in [7, 11) is 0. The maximum Gasteiger partial charge on any atom is 0.235 e. The van der Waals surface area contributed by atoms with E-state index in [0.717, 1.165) is 33.2 Å². The second-order valence-electron chi connectivity index (χ2n) is 16.8. The molecule has 62 heavy (non-hydrogen) atoms. The minimum Gasteiger partial charge on any atom is -0.277 e. The zero-order valence-corrected chi connectivity index (χ0v) is 33.5. The molecular weight excluding hydrogens is 751 g/mol. The van der Waals surface area contributed by atoms with Gasteiger partial charge >= 0.3 is 0 Å². The van der Waals surface area contributed by atoms with Crippen molar-refractivity contribution in [2.24, 2.45) is 0 Å². The maximum absolute atomic E-state index is 5.67. The second kappa shape index (κ2) is 12.4. The van der Waals surface area contributed by atoms with Gasteiger partial charge in [0, 0.05) is 27.3 Å². The molecule has 3 nitrogen and oxygen atoms in total. The minimum absolute atomic E-state index is 0.578. The fourth-order valence-corrected chi connectivity index (χ4v) is 11.3. The molecule has 0 aliphatic heterocycles. The Morgan fingerprint density at radius 1 is 0.387 bits per heavy atom. The van der Waals surface area contributed by atoms with Crippen LogP contribution in [0.4, 0.5) is 0 Å². The fourth-order valence-electron chi connectivity index (χ4n) is 11.3. The van der Waals surface area contributed by atoms with E-state index < -0.39 is 5.41 Å². The van der Waals surface area contributed by atoms with Gasteiger partial charge in [0.2, 0.25) is 5.95 Å². The van der Waals surface area contributed by atoms with Gasteiger partial charge in [0.15, 0.2) is 0 Å². The van der Waals surface area contributed by atoms with E-state index in [-0.39, 0.29) is 0 Å². The van der Waals surface area contributed by atoms with Crippen molar-refractivity contribution in [3.8, 4) is 50.6 Å². The van der Waals surface area contributed by atoms with Crippen molar-refractivity contribution in [2.75, 3.05) is 0 Å². The summed E-state index contributed by atoms with van der Waals surface area (Å²) in [5, 5.41) is 8.40. The van der Waals surface area contributed by atoms with E-state index in [1.807, 2.05) is 0 Å². The normalized spacial score (nSPS) is 13.3. The number of nitrogens with zero attached hydrogens (tertiary/aromatic N) is 3. The Balaban J connectivity index is 1.11. The summed E-state index contributed by atoms with van der Waals surface area (Å²) in [5.41, 5.74) is 17.2. The lowest BCUT2D eigenvalue weighted by Crippen LogP contribution is -2.26. The van der Waals surface area contributed by atoms with E-state index in [9.17, 15) is 0 Å². The van der Waals surface area contributed by atoms with Gasteiger partial charge in [0.1, 0.15) is 0 Å². The molecule has 0 saturated heterocycles. The molecule has 1 spiro atoms. The van der Waals surface area contributed by atoms with Crippen molar-refractivity contribution >= 4 is 54.3 Å². The lowest BCUT2D eigenvalue weighted by atomic mass is 9.70. The van der Waals surface area contributed by atoms with E-state index in [0.29, 0.717) is 5.95 Å². The summed E-state index contributed by atoms with van der Waals surface area (Å²) < 4.78 is 2.40. The molecule has 0 atom stereocenters. The van der Waals surface area contributed by atoms with Gasteiger partial charge in [-0.15, -0.1) is 0 Å². The maximum atomic E-state index is 5.67. The van der Waals surface area contributed by atoms with E-state index in [4.69, 9.17) is 9.97 Å². The van der Waals surface area contributed by atoms with Crippen LogP contribution >= 0.6 is 0 Å². The Morgan fingerprint density at radius 2 is 0.935 bits per heavy atom. The van der Waals surface area contributed by atoms with E-state index in [1.54, 1.807) is 0 Å². The lowest BCUT2D eigenvalue weighted by molar-refractivity contribution is 0.796. The average Bonchev–Trinajstić information content (AvgIpc) is 3.96. The molecule has 0 N–H and O–H groups in total. The molecule has 12 aromatic rings. The third-order valence-electron chi connectivity index (χ3n) is 13.8. The van der Waals surface area contributed by atoms with Crippen LogP contribution in [0.15, 0.2) is 212 Å². The molecule has 10 aromatic carbocycles. The quantitative estimate of drug-likeness (QED) is 0.179. The van der Waals surface area contributed by atoms with Gasteiger partial charge in [-0.3, -0.25) is 4.57 Å². The molecule has 2 aliphatic carbocycles. The standard InChI is InChI=1S/C59H35N3/c1-2-16-39-35-40(34-31-36(39)15-1)37-29-32-38(33-30-37)56-46-22-8-13-27-51(46)60-58(61-56)62-52-28-14-9-23-47(52)54-44-20-4-3-19-43(44)53-45-21-7-12-26-50(45)59(55(53)57(54)62)48-24-10-5-17-41(48)42-18-6-11-25-49(42)59/h1-35H. The Morgan fingerprint density at radius 3 is 1.69 bits per heavy atom. The predicted octanol–water partition coefficient (Wildman–Crippen LogP) is 14.7. The van der Waals surface area contributed by atoms with Crippen molar-refractivity contribution in [3.05, 3.63) is 235 Å². The smallest absolute Gasteiger partial charge is 0.235 e. The largest absolute Gasteiger partial charge is 0.277 e. The zero-order valence-electron chi connectivity index (χ0n) is 33.5. The van der Waals surface area contributed by atoms with E-state index in [1.165, 1.54) is 88.0 Å². The Labute approximate surface area is 357 Å². The van der Waals surface area contributed by atoms with Gasteiger partial charge < -0.3 is 0 Å². The summed E-state index contributed by atoms with van der Waals surface area (Å²) in [4.78, 5) is 11.2. The topological polar surface area (TPSA) is 30.7 Å². The number of rotatable bonds is 3. The number of fused-ring (bicyclic) bond motifs is 19. The molecule has 0 fully saturated rings. The van der Waals surface area contributed by atoms with Crippen molar-refractivity contribution in [1.82, 2.24) is 14.5 Å². The van der Waals surface area contributed by atoms with Crippen LogP contribution < -0.4 is 0 Å². The van der Waals surface area contributed by atoms with Gasteiger partial charge in [0.05, 0.1) is 27.7 Å². The Hall–Kier alpha value is -8.14. The van der Waals surface area contributed by atoms with Crippen molar-refractivity contribution in [1.29, 1.82) is 0 Å². The Bertz CT molecular complexity index is 3830. The van der Waals surface area contributed by atoms with Gasteiger partial charge in [-0.1, -0.05) is 194 Å². The van der Waals surface area contributed by atoms with Crippen LogP contribution in [0.25, 0.3) is 105 Å². The van der Waals surface area contributed by atoms with E-state index >= 15 is 0 Å². The number of benzene rings is 10. The Kier molecular flexibility index (Phi) is 6.76. The van der Waals surface area contributed by atoms with Gasteiger partial charge in [-0.2, -0.15) is 0 Å². The van der Waals surface area contributed by atoms with Crippen molar-refractivity contribution in [2.45, 2.75) is 5.41 Å². The highest BCUT2D eigenvalue weighted by Gasteiger charge is 2.53. The molecule has 0 amide bonds. The summed E-state index contributed by atoms with van der Waals surface area (Å²) >= 11 is 0. The molecular formula is C59H35N3. The monoisotopic (exact) mass is 785 g/mol.